The van der Waals surface area contributed by atoms with E-state index in [2.05, 4.69) is 25.8 Å². The Kier molecular flexibility index (Phi) is 3.78. The minimum Gasteiger partial charge on any atom is -0.325 e. The number of hydrogen-bond donors (Lipinski definition) is 1. The molecule has 8 heteroatoms. The van der Waals surface area contributed by atoms with Gasteiger partial charge in [-0.3, -0.25) is 9.78 Å². The molecule has 0 spiro atoms. The fraction of sp³-hybridized carbons (Fsp3) is 0.154. The lowest BCUT2D eigenvalue weighted by molar-refractivity contribution is -0.113. The van der Waals surface area contributed by atoms with Crippen LogP contribution in [0.5, 0.6) is 0 Å². The van der Waals surface area contributed by atoms with Crippen molar-refractivity contribution in [3.63, 3.8) is 0 Å². The Bertz CT molecular complexity index is 782. The summed E-state index contributed by atoms with van der Waals surface area (Å²) in [5, 5.41) is 15.5. The second kappa shape index (κ2) is 5.88. The smallest absolute Gasteiger partial charge is 0.234 e. The number of pyridine rings is 1. The van der Waals surface area contributed by atoms with Gasteiger partial charge in [0.25, 0.3) is 0 Å². The van der Waals surface area contributed by atoms with Crippen molar-refractivity contribution in [3.8, 4) is 0 Å². The van der Waals surface area contributed by atoms with Crippen molar-refractivity contribution in [1.82, 2.24) is 25.2 Å². The number of aromatic nitrogens is 5. The van der Waals surface area contributed by atoms with Crippen molar-refractivity contribution in [2.24, 2.45) is 7.05 Å². The predicted molar refractivity (Wildman–Crippen MR) is 79.9 cm³/mol. The van der Waals surface area contributed by atoms with E-state index < -0.39 is 0 Å². The summed E-state index contributed by atoms with van der Waals surface area (Å²) in [6, 6.07) is 9.40. The molecule has 0 fully saturated rings. The van der Waals surface area contributed by atoms with Crippen LogP contribution >= 0.6 is 11.8 Å². The molecule has 106 valence electrons. The number of amides is 1. The standard InChI is InChI=1S/C13H12N6OS/c1-19-13(16-17-18-19)21-8-12(20)15-11-6-2-5-10-9(11)4-3-7-14-10/h2-7H,8H2,1H3,(H,15,20). The number of hydrogen-bond acceptors (Lipinski definition) is 6. The number of aryl methyl sites for hydroxylation is 1. The highest BCUT2D eigenvalue weighted by molar-refractivity contribution is 7.99. The zero-order chi connectivity index (χ0) is 14.7. The van der Waals surface area contributed by atoms with Crippen LogP contribution in [0.3, 0.4) is 0 Å². The third kappa shape index (κ3) is 3.00. The average molecular weight is 300 g/mol. The lowest BCUT2D eigenvalue weighted by atomic mass is 10.2. The van der Waals surface area contributed by atoms with Gasteiger partial charge in [0, 0.05) is 18.6 Å². The zero-order valence-electron chi connectivity index (χ0n) is 11.2. The summed E-state index contributed by atoms with van der Waals surface area (Å²) in [7, 11) is 1.73. The lowest BCUT2D eigenvalue weighted by Gasteiger charge is -2.07. The molecule has 0 saturated heterocycles. The minimum absolute atomic E-state index is 0.112. The van der Waals surface area contributed by atoms with Gasteiger partial charge in [0.15, 0.2) is 0 Å². The monoisotopic (exact) mass is 300 g/mol. The van der Waals surface area contributed by atoms with Crippen LogP contribution in [-0.4, -0.2) is 36.9 Å². The highest BCUT2D eigenvalue weighted by atomic mass is 32.2. The minimum atomic E-state index is -0.112. The van der Waals surface area contributed by atoms with E-state index in [1.54, 1.807) is 13.2 Å². The second-order valence-electron chi connectivity index (χ2n) is 4.30. The van der Waals surface area contributed by atoms with Crippen LogP contribution in [0.4, 0.5) is 5.69 Å². The number of nitrogens with one attached hydrogen (secondary N) is 1. The van der Waals surface area contributed by atoms with Crippen molar-refractivity contribution in [2.45, 2.75) is 5.16 Å². The molecule has 0 radical (unpaired) electrons. The molecule has 0 aliphatic carbocycles. The van der Waals surface area contributed by atoms with E-state index in [-0.39, 0.29) is 11.7 Å². The number of fused-ring (bicyclic) bond motifs is 1. The van der Waals surface area contributed by atoms with E-state index in [0.29, 0.717) is 5.16 Å². The summed E-state index contributed by atoms with van der Waals surface area (Å²) in [4.78, 5) is 16.3. The molecule has 0 saturated carbocycles. The number of carbonyl (C=O) groups excluding carboxylic acids is 1. The number of carbonyl (C=O) groups is 1. The molecule has 0 aliphatic rings. The van der Waals surface area contributed by atoms with Crippen molar-refractivity contribution in [2.75, 3.05) is 11.1 Å². The number of tetrazole rings is 1. The van der Waals surface area contributed by atoms with Gasteiger partial charge in [0.1, 0.15) is 0 Å². The molecule has 0 bridgehead atoms. The molecule has 3 aromatic rings. The van der Waals surface area contributed by atoms with Gasteiger partial charge in [-0.2, -0.15) is 0 Å². The maximum Gasteiger partial charge on any atom is 0.234 e. The summed E-state index contributed by atoms with van der Waals surface area (Å²) >= 11 is 1.29. The molecule has 21 heavy (non-hydrogen) atoms. The van der Waals surface area contributed by atoms with Gasteiger partial charge in [-0.25, -0.2) is 4.68 Å². The number of nitrogens with zero attached hydrogens (tertiary/aromatic N) is 5. The first-order valence-corrected chi connectivity index (χ1v) is 7.21. The molecule has 1 aromatic carbocycles. The topological polar surface area (TPSA) is 85.6 Å². The zero-order valence-corrected chi connectivity index (χ0v) is 12.0. The first-order valence-electron chi connectivity index (χ1n) is 6.23. The number of thioether (sulfide) groups is 1. The van der Waals surface area contributed by atoms with E-state index in [0.717, 1.165) is 16.6 Å². The number of rotatable bonds is 4. The van der Waals surface area contributed by atoms with Gasteiger partial charge in [-0.05, 0) is 34.7 Å². The molecular formula is C13H12N6OS. The second-order valence-corrected chi connectivity index (χ2v) is 5.24. The highest BCUT2D eigenvalue weighted by Crippen LogP contribution is 2.22. The van der Waals surface area contributed by atoms with E-state index in [4.69, 9.17) is 0 Å². The van der Waals surface area contributed by atoms with Crippen LogP contribution in [0.1, 0.15) is 0 Å². The van der Waals surface area contributed by atoms with Gasteiger partial charge >= 0.3 is 0 Å². The van der Waals surface area contributed by atoms with Gasteiger partial charge in [-0.15, -0.1) is 5.10 Å². The Morgan fingerprint density at radius 1 is 1.33 bits per heavy atom. The van der Waals surface area contributed by atoms with Crippen LogP contribution in [0.25, 0.3) is 10.9 Å². The molecule has 1 N–H and O–H groups in total. The maximum absolute atomic E-state index is 12.0. The Morgan fingerprint density at radius 2 is 2.24 bits per heavy atom. The van der Waals surface area contributed by atoms with Crippen molar-refractivity contribution in [1.29, 1.82) is 0 Å². The third-order valence-electron chi connectivity index (χ3n) is 2.83. The summed E-state index contributed by atoms with van der Waals surface area (Å²) in [5.41, 5.74) is 1.60. The predicted octanol–water partition coefficient (Wildman–Crippen LogP) is 1.49. The molecule has 1 amide bonds. The summed E-state index contributed by atoms with van der Waals surface area (Å²) in [5.74, 6) is 0.129. The maximum atomic E-state index is 12.0. The quantitative estimate of drug-likeness (QED) is 0.735. The molecule has 0 atom stereocenters. The van der Waals surface area contributed by atoms with Gasteiger partial charge in [0.05, 0.1) is 17.0 Å². The van der Waals surface area contributed by atoms with Crippen LogP contribution in [0, 0.1) is 0 Å². The number of benzene rings is 1. The molecule has 3 rings (SSSR count). The average Bonchev–Trinajstić information content (AvgIpc) is 2.91. The lowest BCUT2D eigenvalue weighted by Crippen LogP contribution is -2.14. The molecule has 0 unspecified atom stereocenters. The molecular weight excluding hydrogens is 288 g/mol. The van der Waals surface area contributed by atoms with Gasteiger partial charge < -0.3 is 5.32 Å². The van der Waals surface area contributed by atoms with E-state index in [1.165, 1.54) is 16.4 Å². The molecule has 0 aliphatic heterocycles. The first kappa shape index (κ1) is 13.5. The first-order chi connectivity index (χ1) is 10.2. The Morgan fingerprint density at radius 3 is 3.05 bits per heavy atom. The third-order valence-corrected chi connectivity index (χ3v) is 3.84. The largest absolute Gasteiger partial charge is 0.325 e. The summed E-state index contributed by atoms with van der Waals surface area (Å²) in [6.07, 6.45) is 1.73. The summed E-state index contributed by atoms with van der Waals surface area (Å²) in [6.45, 7) is 0. The fourth-order valence-corrected chi connectivity index (χ4v) is 2.52. The van der Waals surface area contributed by atoms with Crippen molar-refractivity contribution >= 4 is 34.3 Å². The van der Waals surface area contributed by atoms with Crippen LogP contribution in [0.2, 0.25) is 0 Å². The molecule has 2 aromatic heterocycles. The van der Waals surface area contributed by atoms with Crippen molar-refractivity contribution < 1.29 is 4.79 Å². The Hall–Kier alpha value is -2.48. The van der Waals surface area contributed by atoms with Crippen molar-refractivity contribution in [3.05, 3.63) is 36.5 Å². The molecule has 7 nitrogen and oxygen atoms in total. The van der Waals surface area contributed by atoms with Gasteiger partial charge in [-0.1, -0.05) is 17.8 Å². The Balaban J connectivity index is 1.70. The van der Waals surface area contributed by atoms with E-state index in [9.17, 15) is 4.79 Å². The van der Waals surface area contributed by atoms with Gasteiger partial charge in [0.2, 0.25) is 11.1 Å². The van der Waals surface area contributed by atoms with Crippen LogP contribution in [-0.2, 0) is 11.8 Å². The SMILES string of the molecule is Cn1nnnc1SCC(=O)Nc1cccc2ncccc12. The fourth-order valence-electron chi connectivity index (χ4n) is 1.87. The Labute approximate surface area is 124 Å². The normalized spacial score (nSPS) is 10.7. The molecule has 2 heterocycles. The summed E-state index contributed by atoms with van der Waals surface area (Å²) < 4.78 is 1.53. The van der Waals surface area contributed by atoms with E-state index in [1.807, 2.05) is 30.3 Å². The highest BCUT2D eigenvalue weighted by Gasteiger charge is 2.09. The van der Waals surface area contributed by atoms with Crippen LogP contribution in [0.15, 0.2) is 41.7 Å². The van der Waals surface area contributed by atoms with Crippen LogP contribution < -0.4 is 5.32 Å². The number of anilines is 1. The van der Waals surface area contributed by atoms with E-state index >= 15 is 0 Å².